The van der Waals surface area contributed by atoms with Gasteiger partial charge in [0.1, 0.15) is 11.5 Å². The molecular formula is C24H24BrN7O2S. The van der Waals surface area contributed by atoms with Crippen LogP contribution in [-0.4, -0.2) is 65.2 Å². The van der Waals surface area contributed by atoms with Gasteiger partial charge in [-0.15, -0.1) is 0 Å². The van der Waals surface area contributed by atoms with E-state index in [0.29, 0.717) is 22.8 Å². The topological polar surface area (TPSA) is 88.5 Å². The van der Waals surface area contributed by atoms with Crippen LogP contribution in [0.4, 0.5) is 17.0 Å². The van der Waals surface area contributed by atoms with Crippen molar-refractivity contribution < 1.29 is 9.47 Å². The SMILES string of the molecule is COc1ccc(-c2cnc(Nc3nc(Oc4ccccc4)nc(N4CCN(C)CC4)n3)s2)cc1Br. The van der Waals surface area contributed by atoms with Gasteiger partial charge in [-0.25, -0.2) is 4.98 Å². The van der Waals surface area contributed by atoms with Crippen molar-refractivity contribution in [2.75, 3.05) is 50.6 Å². The first-order valence-corrected chi connectivity index (χ1v) is 12.7. The molecule has 11 heteroatoms. The number of aromatic nitrogens is 4. The van der Waals surface area contributed by atoms with Gasteiger partial charge in [-0.3, -0.25) is 5.32 Å². The molecule has 2 aromatic heterocycles. The van der Waals surface area contributed by atoms with E-state index in [4.69, 9.17) is 9.47 Å². The van der Waals surface area contributed by atoms with Crippen LogP contribution in [0.5, 0.6) is 17.5 Å². The van der Waals surface area contributed by atoms with E-state index in [1.807, 2.05) is 54.7 Å². The van der Waals surface area contributed by atoms with Crippen molar-refractivity contribution in [3.8, 4) is 28.0 Å². The van der Waals surface area contributed by atoms with Gasteiger partial charge in [0.15, 0.2) is 5.13 Å². The minimum absolute atomic E-state index is 0.235. The highest BCUT2D eigenvalue weighted by molar-refractivity contribution is 9.10. The number of hydrogen-bond donors (Lipinski definition) is 1. The fourth-order valence-corrected chi connectivity index (χ4v) is 4.92. The summed E-state index contributed by atoms with van der Waals surface area (Å²) < 4.78 is 12.2. The predicted octanol–water partition coefficient (Wildman–Crippen LogP) is 5.05. The Balaban J connectivity index is 1.41. The summed E-state index contributed by atoms with van der Waals surface area (Å²) in [5.74, 6) is 2.41. The highest BCUT2D eigenvalue weighted by Crippen LogP contribution is 2.35. The lowest BCUT2D eigenvalue weighted by molar-refractivity contribution is 0.310. The maximum atomic E-state index is 5.95. The summed E-state index contributed by atoms with van der Waals surface area (Å²) in [6.45, 7) is 3.55. The van der Waals surface area contributed by atoms with E-state index in [-0.39, 0.29) is 6.01 Å². The minimum Gasteiger partial charge on any atom is -0.496 e. The largest absolute Gasteiger partial charge is 0.496 e. The molecule has 0 unspecified atom stereocenters. The average Bonchev–Trinajstić information content (AvgIpc) is 3.33. The number of likely N-dealkylation sites (N-methyl/N-ethyl adjacent to an activating group) is 1. The molecule has 4 aromatic rings. The molecule has 0 spiro atoms. The third kappa shape index (κ3) is 5.69. The molecule has 0 atom stereocenters. The Bertz CT molecular complexity index is 1300. The average molecular weight is 554 g/mol. The quantitative estimate of drug-likeness (QED) is 0.337. The molecule has 5 rings (SSSR count). The second kappa shape index (κ2) is 10.5. The van der Waals surface area contributed by atoms with E-state index < -0.39 is 0 Å². The number of piperazine rings is 1. The van der Waals surface area contributed by atoms with E-state index in [2.05, 4.69) is 58.0 Å². The standard InChI is InChI=1S/C24H24BrN7O2S/c1-31-10-12-32(13-11-31)22-27-21(28-23(30-22)34-17-6-4-3-5-7-17)29-24-26-15-20(35-24)16-8-9-19(33-2)18(25)14-16/h3-9,14-15H,10-13H2,1-2H3,(H,26,27,28,29,30). The van der Waals surface area contributed by atoms with Gasteiger partial charge in [-0.05, 0) is 58.9 Å². The van der Waals surface area contributed by atoms with Crippen molar-refractivity contribution in [1.82, 2.24) is 24.8 Å². The monoisotopic (exact) mass is 553 g/mol. The highest BCUT2D eigenvalue weighted by atomic mass is 79.9. The third-order valence-electron chi connectivity index (χ3n) is 5.50. The lowest BCUT2D eigenvalue weighted by Gasteiger charge is -2.32. The van der Waals surface area contributed by atoms with E-state index in [0.717, 1.165) is 46.8 Å². The number of methoxy groups -OCH3 is 1. The van der Waals surface area contributed by atoms with E-state index in [1.54, 1.807) is 7.11 Å². The van der Waals surface area contributed by atoms with Crippen LogP contribution in [0.3, 0.4) is 0 Å². The summed E-state index contributed by atoms with van der Waals surface area (Å²) in [7, 11) is 3.76. The van der Waals surface area contributed by atoms with Crippen LogP contribution in [-0.2, 0) is 0 Å². The van der Waals surface area contributed by atoms with Crippen LogP contribution >= 0.6 is 27.3 Å². The van der Waals surface area contributed by atoms with Crippen molar-refractivity contribution in [3.63, 3.8) is 0 Å². The predicted molar refractivity (Wildman–Crippen MR) is 141 cm³/mol. The summed E-state index contributed by atoms with van der Waals surface area (Å²) >= 11 is 5.05. The lowest BCUT2D eigenvalue weighted by Crippen LogP contribution is -2.45. The molecule has 9 nitrogen and oxygen atoms in total. The summed E-state index contributed by atoms with van der Waals surface area (Å²) in [4.78, 5) is 23.7. The van der Waals surface area contributed by atoms with Crippen LogP contribution in [0.25, 0.3) is 10.4 Å². The Labute approximate surface area is 215 Å². The number of nitrogens with zero attached hydrogens (tertiary/aromatic N) is 6. The van der Waals surface area contributed by atoms with Gasteiger partial charge in [0.05, 0.1) is 16.5 Å². The first kappa shape index (κ1) is 23.5. The molecular weight excluding hydrogens is 530 g/mol. The molecule has 0 aliphatic carbocycles. The third-order valence-corrected chi connectivity index (χ3v) is 7.08. The number of anilines is 3. The summed E-state index contributed by atoms with van der Waals surface area (Å²) in [5.41, 5.74) is 1.03. The molecule has 0 radical (unpaired) electrons. The molecule has 1 fully saturated rings. The van der Waals surface area contributed by atoms with Crippen LogP contribution in [0.2, 0.25) is 0 Å². The molecule has 0 saturated carbocycles. The van der Waals surface area contributed by atoms with Gasteiger partial charge >= 0.3 is 6.01 Å². The molecule has 2 aromatic carbocycles. The van der Waals surface area contributed by atoms with E-state index in [1.165, 1.54) is 11.3 Å². The van der Waals surface area contributed by atoms with Gasteiger partial charge in [0.2, 0.25) is 11.9 Å². The van der Waals surface area contributed by atoms with Crippen molar-refractivity contribution in [1.29, 1.82) is 0 Å². The maximum absolute atomic E-state index is 5.95. The number of hydrogen-bond acceptors (Lipinski definition) is 10. The molecule has 180 valence electrons. The Morgan fingerprint density at radius 3 is 2.54 bits per heavy atom. The molecule has 0 bridgehead atoms. The molecule has 1 aliphatic heterocycles. The molecule has 0 amide bonds. The molecule has 1 aliphatic rings. The number of nitrogens with one attached hydrogen (secondary N) is 1. The first-order chi connectivity index (χ1) is 17.1. The summed E-state index contributed by atoms with van der Waals surface area (Å²) in [6.07, 6.45) is 1.82. The van der Waals surface area contributed by atoms with Gasteiger partial charge in [-0.1, -0.05) is 29.5 Å². The Hall–Kier alpha value is -3.28. The zero-order valence-electron chi connectivity index (χ0n) is 19.3. The van der Waals surface area contributed by atoms with Crippen molar-refractivity contribution >= 4 is 44.3 Å². The zero-order chi connectivity index (χ0) is 24.2. The smallest absolute Gasteiger partial charge is 0.328 e. The van der Waals surface area contributed by atoms with Crippen LogP contribution in [0.1, 0.15) is 0 Å². The van der Waals surface area contributed by atoms with Gasteiger partial charge < -0.3 is 19.3 Å². The van der Waals surface area contributed by atoms with Gasteiger partial charge in [-0.2, -0.15) is 15.0 Å². The second-order valence-corrected chi connectivity index (χ2v) is 9.84. The van der Waals surface area contributed by atoms with Crippen molar-refractivity contribution in [2.45, 2.75) is 0 Å². The molecule has 3 heterocycles. The first-order valence-electron chi connectivity index (χ1n) is 11.1. The number of rotatable bonds is 7. The van der Waals surface area contributed by atoms with E-state index in [9.17, 15) is 0 Å². The van der Waals surface area contributed by atoms with Crippen molar-refractivity contribution in [3.05, 3.63) is 59.2 Å². The van der Waals surface area contributed by atoms with E-state index >= 15 is 0 Å². The summed E-state index contributed by atoms with van der Waals surface area (Å²) in [6, 6.07) is 15.7. The number of thiazole rings is 1. The number of ether oxygens (including phenoxy) is 2. The van der Waals surface area contributed by atoms with Crippen molar-refractivity contribution in [2.24, 2.45) is 0 Å². The van der Waals surface area contributed by atoms with Crippen LogP contribution in [0, 0.1) is 0 Å². The maximum Gasteiger partial charge on any atom is 0.328 e. The highest BCUT2D eigenvalue weighted by Gasteiger charge is 2.20. The number of benzene rings is 2. The van der Waals surface area contributed by atoms with Crippen LogP contribution in [0.15, 0.2) is 59.2 Å². The Morgan fingerprint density at radius 1 is 1.00 bits per heavy atom. The number of halogens is 1. The Kier molecular flexibility index (Phi) is 7.07. The minimum atomic E-state index is 0.235. The second-order valence-electron chi connectivity index (χ2n) is 7.95. The Morgan fingerprint density at radius 2 is 1.80 bits per heavy atom. The molecule has 1 N–H and O–H groups in total. The fourth-order valence-electron chi connectivity index (χ4n) is 3.57. The lowest BCUT2D eigenvalue weighted by atomic mass is 10.2. The number of para-hydroxylation sites is 1. The van der Waals surface area contributed by atoms with Gasteiger partial charge in [0.25, 0.3) is 0 Å². The van der Waals surface area contributed by atoms with Crippen LogP contribution < -0.4 is 19.7 Å². The zero-order valence-corrected chi connectivity index (χ0v) is 21.7. The summed E-state index contributed by atoms with van der Waals surface area (Å²) in [5, 5.41) is 3.91. The molecule has 35 heavy (non-hydrogen) atoms. The fraction of sp³-hybridized carbons (Fsp3) is 0.250. The van der Waals surface area contributed by atoms with Gasteiger partial charge in [0, 0.05) is 32.4 Å². The molecule has 1 saturated heterocycles. The normalized spacial score (nSPS) is 14.1.